The lowest BCUT2D eigenvalue weighted by molar-refractivity contribution is -0.130. The first-order valence-electron chi connectivity index (χ1n) is 7.85. The van der Waals surface area contributed by atoms with Crippen molar-refractivity contribution in [3.05, 3.63) is 29.8 Å². The molecule has 5 heteroatoms. The summed E-state index contributed by atoms with van der Waals surface area (Å²) in [6.07, 6.45) is 1.94. The van der Waals surface area contributed by atoms with Crippen LogP contribution in [-0.2, 0) is 9.59 Å². The molecule has 1 unspecified atom stereocenters. The number of carbonyl (C=O) groups excluding carboxylic acids is 2. The highest BCUT2D eigenvalue weighted by atomic mass is 16.5. The van der Waals surface area contributed by atoms with E-state index in [2.05, 4.69) is 5.32 Å². The lowest BCUT2D eigenvalue weighted by atomic mass is 10.2. The third-order valence-corrected chi connectivity index (χ3v) is 3.80. The number of carbonyl (C=O) groups is 2. The Hall–Kier alpha value is -2.04. The average Bonchev–Trinajstić information content (AvgIpc) is 3.03. The molecule has 0 aromatic heterocycles. The second kappa shape index (κ2) is 7.82. The number of nitrogens with zero attached hydrogens (tertiary/aromatic N) is 1. The smallest absolute Gasteiger partial charge is 0.260 e. The van der Waals surface area contributed by atoms with Crippen molar-refractivity contribution in [3.63, 3.8) is 0 Å². The first kappa shape index (κ1) is 16.3. The topological polar surface area (TPSA) is 58.6 Å². The second-order valence-electron chi connectivity index (χ2n) is 5.70. The van der Waals surface area contributed by atoms with Crippen molar-refractivity contribution >= 4 is 11.8 Å². The maximum absolute atomic E-state index is 12.0. The van der Waals surface area contributed by atoms with Crippen LogP contribution in [0.4, 0.5) is 0 Å². The van der Waals surface area contributed by atoms with Gasteiger partial charge >= 0.3 is 0 Å². The minimum atomic E-state index is -0.579. The third kappa shape index (κ3) is 4.76. The Morgan fingerprint density at radius 2 is 1.86 bits per heavy atom. The number of nitrogens with one attached hydrogen (secondary N) is 1. The van der Waals surface area contributed by atoms with E-state index in [4.69, 9.17) is 4.74 Å². The summed E-state index contributed by atoms with van der Waals surface area (Å²) in [5.41, 5.74) is 1.14. The van der Waals surface area contributed by atoms with E-state index in [1.165, 1.54) is 0 Å². The monoisotopic (exact) mass is 304 g/mol. The van der Waals surface area contributed by atoms with Gasteiger partial charge in [-0.1, -0.05) is 17.7 Å². The highest BCUT2D eigenvalue weighted by Gasteiger charge is 2.19. The average molecular weight is 304 g/mol. The van der Waals surface area contributed by atoms with Crippen LogP contribution in [-0.4, -0.2) is 42.5 Å². The van der Waals surface area contributed by atoms with Crippen LogP contribution in [0.15, 0.2) is 24.3 Å². The number of hydrogen-bond acceptors (Lipinski definition) is 3. The van der Waals surface area contributed by atoms with Crippen LogP contribution in [0, 0.1) is 6.92 Å². The summed E-state index contributed by atoms with van der Waals surface area (Å²) in [4.78, 5) is 25.7. The zero-order valence-electron chi connectivity index (χ0n) is 13.3. The van der Waals surface area contributed by atoms with E-state index in [1.807, 2.05) is 36.1 Å². The molecule has 1 aromatic rings. The van der Waals surface area contributed by atoms with Gasteiger partial charge in [0.25, 0.3) is 5.91 Å². The van der Waals surface area contributed by atoms with Crippen LogP contribution in [0.2, 0.25) is 0 Å². The van der Waals surface area contributed by atoms with Crippen molar-refractivity contribution in [2.24, 2.45) is 0 Å². The predicted molar refractivity (Wildman–Crippen MR) is 84.7 cm³/mol. The number of amides is 2. The molecule has 0 saturated carbocycles. The van der Waals surface area contributed by atoms with Crippen LogP contribution in [0.3, 0.4) is 0 Å². The van der Waals surface area contributed by atoms with Gasteiger partial charge < -0.3 is 15.0 Å². The molecular weight excluding hydrogens is 280 g/mol. The van der Waals surface area contributed by atoms with Crippen molar-refractivity contribution in [2.45, 2.75) is 39.2 Å². The second-order valence-corrected chi connectivity index (χ2v) is 5.70. The van der Waals surface area contributed by atoms with Gasteiger partial charge in [-0.15, -0.1) is 0 Å². The fraction of sp³-hybridized carbons (Fsp3) is 0.529. The van der Waals surface area contributed by atoms with Gasteiger partial charge in [0.1, 0.15) is 5.75 Å². The Bertz CT molecular complexity index is 507. The number of likely N-dealkylation sites (tertiary alicyclic amines) is 1. The Labute approximate surface area is 131 Å². The number of ether oxygens (including phenoxy) is 1. The van der Waals surface area contributed by atoms with Crippen LogP contribution < -0.4 is 10.1 Å². The summed E-state index contributed by atoms with van der Waals surface area (Å²) in [7, 11) is 0. The quantitative estimate of drug-likeness (QED) is 0.873. The fourth-order valence-electron chi connectivity index (χ4n) is 2.44. The maximum atomic E-state index is 12.0. The van der Waals surface area contributed by atoms with Crippen LogP contribution in [0.5, 0.6) is 5.75 Å². The molecule has 22 heavy (non-hydrogen) atoms. The molecule has 0 spiro atoms. The summed E-state index contributed by atoms with van der Waals surface area (Å²) in [6, 6.07) is 7.56. The molecule has 0 radical (unpaired) electrons. The van der Waals surface area contributed by atoms with Crippen molar-refractivity contribution < 1.29 is 14.3 Å². The Kier molecular flexibility index (Phi) is 5.81. The molecular formula is C17H24N2O3. The SMILES string of the molecule is Cc1ccc(OC(C)C(=O)NCCC(=O)N2CCCC2)cc1. The van der Waals surface area contributed by atoms with Crippen LogP contribution >= 0.6 is 0 Å². The van der Waals surface area contributed by atoms with Crippen molar-refractivity contribution in [3.8, 4) is 5.75 Å². The third-order valence-electron chi connectivity index (χ3n) is 3.80. The van der Waals surface area contributed by atoms with Gasteiger partial charge in [-0.25, -0.2) is 0 Å². The molecule has 2 rings (SSSR count). The number of benzene rings is 1. The van der Waals surface area contributed by atoms with E-state index < -0.39 is 6.10 Å². The number of rotatable bonds is 6. The highest BCUT2D eigenvalue weighted by Crippen LogP contribution is 2.13. The van der Waals surface area contributed by atoms with Gasteiger partial charge in [0.2, 0.25) is 5.91 Å². The Balaban J connectivity index is 1.69. The van der Waals surface area contributed by atoms with E-state index in [1.54, 1.807) is 6.92 Å². The van der Waals surface area contributed by atoms with E-state index in [-0.39, 0.29) is 11.8 Å². The molecule has 1 fully saturated rings. The summed E-state index contributed by atoms with van der Waals surface area (Å²) >= 11 is 0. The fourth-order valence-corrected chi connectivity index (χ4v) is 2.44. The predicted octanol–water partition coefficient (Wildman–Crippen LogP) is 1.89. The summed E-state index contributed by atoms with van der Waals surface area (Å²) in [6.45, 7) is 5.75. The molecule has 0 aliphatic carbocycles. The minimum absolute atomic E-state index is 0.116. The van der Waals surface area contributed by atoms with Crippen LogP contribution in [0.25, 0.3) is 0 Å². The van der Waals surface area contributed by atoms with E-state index in [0.717, 1.165) is 31.5 Å². The normalized spacial score (nSPS) is 15.5. The molecule has 1 aliphatic heterocycles. The summed E-state index contributed by atoms with van der Waals surface area (Å²) in [5, 5.41) is 2.76. The zero-order chi connectivity index (χ0) is 15.9. The molecule has 1 saturated heterocycles. The molecule has 120 valence electrons. The van der Waals surface area contributed by atoms with E-state index >= 15 is 0 Å². The highest BCUT2D eigenvalue weighted by molar-refractivity contribution is 5.82. The van der Waals surface area contributed by atoms with Crippen LogP contribution in [0.1, 0.15) is 31.7 Å². The molecule has 1 heterocycles. The van der Waals surface area contributed by atoms with Gasteiger partial charge in [0, 0.05) is 26.1 Å². The molecule has 0 bridgehead atoms. The Morgan fingerprint density at radius 1 is 1.23 bits per heavy atom. The van der Waals surface area contributed by atoms with Gasteiger partial charge in [-0.05, 0) is 38.8 Å². The lowest BCUT2D eigenvalue weighted by Crippen LogP contribution is -2.38. The largest absolute Gasteiger partial charge is 0.481 e. The summed E-state index contributed by atoms with van der Waals surface area (Å²) in [5.74, 6) is 0.584. The zero-order valence-corrected chi connectivity index (χ0v) is 13.3. The van der Waals surface area contributed by atoms with Gasteiger partial charge in [0.15, 0.2) is 6.10 Å². The molecule has 5 nitrogen and oxygen atoms in total. The van der Waals surface area contributed by atoms with E-state index in [9.17, 15) is 9.59 Å². The van der Waals surface area contributed by atoms with Gasteiger partial charge in [-0.3, -0.25) is 9.59 Å². The Morgan fingerprint density at radius 3 is 2.50 bits per heavy atom. The molecule has 2 amide bonds. The summed E-state index contributed by atoms with van der Waals surface area (Å²) < 4.78 is 5.58. The molecule has 1 aliphatic rings. The first-order valence-corrected chi connectivity index (χ1v) is 7.85. The van der Waals surface area contributed by atoms with Crippen molar-refractivity contribution in [1.82, 2.24) is 10.2 Å². The number of hydrogen-bond donors (Lipinski definition) is 1. The van der Waals surface area contributed by atoms with Crippen molar-refractivity contribution in [2.75, 3.05) is 19.6 Å². The van der Waals surface area contributed by atoms with Crippen molar-refractivity contribution in [1.29, 1.82) is 0 Å². The molecule has 1 aromatic carbocycles. The first-order chi connectivity index (χ1) is 10.6. The van der Waals surface area contributed by atoms with Gasteiger partial charge in [0.05, 0.1) is 0 Å². The maximum Gasteiger partial charge on any atom is 0.260 e. The standard InChI is InChI=1S/C17H24N2O3/c1-13-5-7-15(8-6-13)22-14(2)17(21)18-10-9-16(20)19-11-3-4-12-19/h5-8,14H,3-4,9-12H2,1-2H3,(H,18,21). The van der Waals surface area contributed by atoms with E-state index in [0.29, 0.717) is 18.7 Å². The molecule has 1 N–H and O–H groups in total. The van der Waals surface area contributed by atoms with Gasteiger partial charge in [-0.2, -0.15) is 0 Å². The molecule has 1 atom stereocenters. The lowest BCUT2D eigenvalue weighted by Gasteiger charge is -2.17. The number of aryl methyl sites for hydroxylation is 1. The minimum Gasteiger partial charge on any atom is -0.481 e.